The van der Waals surface area contributed by atoms with E-state index in [1.54, 1.807) is 51.8 Å². The summed E-state index contributed by atoms with van der Waals surface area (Å²) in [6, 6.07) is 12.0. The lowest BCUT2D eigenvalue weighted by atomic mass is 9.94. The van der Waals surface area contributed by atoms with Crippen molar-refractivity contribution in [2.75, 3.05) is 13.2 Å². The number of imidazole rings is 1. The van der Waals surface area contributed by atoms with Crippen LogP contribution < -0.4 is 10.4 Å². The lowest BCUT2D eigenvalue weighted by molar-refractivity contribution is 0.0740. The van der Waals surface area contributed by atoms with Crippen molar-refractivity contribution in [3.05, 3.63) is 100 Å². The van der Waals surface area contributed by atoms with Gasteiger partial charge in [-0.2, -0.15) is 0 Å². The normalized spacial score (nSPS) is 13.7. The molecule has 2 aromatic heterocycles. The number of aromatic nitrogens is 3. The van der Waals surface area contributed by atoms with E-state index in [9.17, 15) is 19.1 Å². The Morgan fingerprint density at radius 1 is 1.08 bits per heavy atom. The van der Waals surface area contributed by atoms with E-state index in [2.05, 4.69) is 9.98 Å². The topological polar surface area (TPSA) is 102 Å². The third-order valence-electron chi connectivity index (χ3n) is 6.67. The summed E-state index contributed by atoms with van der Waals surface area (Å²) in [5, 5.41) is 9.24. The highest BCUT2D eigenvalue weighted by Crippen LogP contribution is 2.38. The zero-order valence-electron chi connectivity index (χ0n) is 21.9. The quantitative estimate of drug-likeness (QED) is 0.415. The maximum Gasteiger partial charge on any atom is 0.434 e. The third-order valence-corrected chi connectivity index (χ3v) is 6.67. The summed E-state index contributed by atoms with van der Waals surface area (Å²) < 4.78 is 23.4. The Balaban J connectivity index is 1.63. The number of ether oxygens (including phenoxy) is 1. The highest BCUT2D eigenvalue weighted by molar-refractivity contribution is 6.00. The summed E-state index contributed by atoms with van der Waals surface area (Å²) >= 11 is 0. The van der Waals surface area contributed by atoms with Gasteiger partial charge in [0.05, 0.1) is 30.9 Å². The largest absolute Gasteiger partial charge is 0.490 e. The fourth-order valence-corrected chi connectivity index (χ4v) is 4.85. The van der Waals surface area contributed by atoms with Crippen LogP contribution in [0.1, 0.15) is 32.7 Å². The predicted octanol–water partition coefficient (Wildman–Crippen LogP) is 4.31. The first-order valence-corrected chi connectivity index (χ1v) is 12.5. The number of hydrogen-bond acceptors (Lipinski definition) is 4. The first-order valence-electron chi connectivity index (χ1n) is 12.5. The maximum absolute atomic E-state index is 14.0. The Kier molecular flexibility index (Phi) is 7.02. The molecule has 0 atom stereocenters. The van der Waals surface area contributed by atoms with E-state index >= 15 is 0 Å². The molecule has 0 bridgehead atoms. The number of aryl methyl sites for hydroxylation is 3. The molecule has 2 aromatic carbocycles. The van der Waals surface area contributed by atoms with Crippen molar-refractivity contribution in [1.82, 2.24) is 19.0 Å². The lowest BCUT2D eigenvalue weighted by Gasteiger charge is -2.20. The number of fused-ring (bicyclic) bond motifs is 1. The standard InChI is InChI=1S/C29H28FN5O4/c1-18-6-7-31-22(12-18)17-34-10-11-39-26-24(23-5-4-21(30)13-19(23)2)14-20(15-25(26)27(34)36)16-35-9-8-33(3)28(35)32-29(37)38/h4-9,12-15H,10-11,16-17H2,1-3H3,(H,37,38). The number of nitrogens with zero attached hydrogens (tertiary/aromatic N) is 5. The van der Waals surface area contributed by atoms with E-state index in [-0.39, 0.29) is 30.5 Å². The van der Waals surface area contributed by atoms with Crippen molar-refractivity contribution in [3.8, 4) is 16.9 Å². The molecule has 10 heteroatoms. The van der Waals surface area contributed by atoms with Gasteiger partial charge < -0.3 is 23.9 Å². The van der Waals surface area contributed by atoms with E-state index in [4.69, 9.17) is 4.74 Å². The molecule has 3 heterocycles. The summed E-state index contributed by atoms with van der Waals surface area (Å²) in [4.78, 5) is 35.1. The van der Waals surface area contributed by atoms with Crippen molar-refractivity contribution in [2.24, 2.45) is 12.0 Å². The monoisotopic (exact) mass is 529 g/mol. The minimum absolute atomic E-state index is 0.206. The van der Waals surface area contributed by atoms with E-state index in [1.807, 2.05) is 32.0 Å². The number of carboxylic acid groups (broad SMARTS) is 1. The molecule has 39 heavy (non-hydrogen) atoms. The van der Waals surface area contributed by atoms with Crippen LogP contribution in [0.5, 0.6) is 5.75 Å². The van der Waals surface area contributed by atoms with Crippen LogP contribution in [0.2, 0.25) is 0 Å². The average Bonchev–Trinajstić information content (AvgIpc) is 3.12. The number of benzene rings is 2. The van der Waals surface area contributed by atoms with Crippen molar-refractivity contribution in [2.45, 2.75) is 26.9 Å². The number of amides is 2. The molecule has 1 aliphatic heterocycles. The van der Waals surface area contributed by atoms with Crippen LogP contribution in [-0.2, 0) is 20.1 Å². The maximum atomic E-state index is 14.0. The van der Waals surface area contributed by atoms with Gasteiger partial charge in [-0.25, -0.2) is 9.18 Å². The number of pyridine rings is 1. The zero-order valence-corrected chi connectivity index (χ0v) is 21.9. The van der Waals surface area contributed by atoms with Gasteiger partial charge in [0, 0.05) is 31.2 Å². The van der Waals surface area contributed by atoms with Crippen LogP contribution in [0, 0.1) is 19.7 Å². The van der Waals surface area contributed by atoms with Crippen molar-refractivity contribution in [3.63, 3.8) is 0 Å². The molecule has 1 aliphatic rings. The fourth-order valence-electron chi connectivity index (χ4n) is 4.85. The first kappa shape index (κ1) is 25.9. The molecule has 1 N–H and O–H groups in total. The molecule has 5 rings (SSSR count). The Bertz CT molecular complexity index is 1660. The lowest BCUT2D eigenvalue weighted by Crippen LogP contribution is -2.32. The van der Waals surface area contributed by atoms with Crippen LogP contribution in [0.15, 0.2) is 66.0 Å². The van der Waals surface area contributed by atoms with Crippen LogP contribution >= 0.6 is 0 Å². The molecule has 0 saturated heterocycles. The molecule has 0 unspecified atom stereocenters. The van der Waals surface area contributed by atoms with Crippen LogP contribution in [-0.4, -0.2) is 49.3 Å². The van der Waals surface area contributed by atoms with Crippen molar-refractivity contribution < 1.29 is 23.8 Å². The zero-order chi connectivity index (χ0) is 27.7. The Hall–Kier alpha value is -4.73. The number of hydrogen-bond donors (Lipinski definition) is 1. The molecule has 0 saturated carbocycles. The van der Waals surface area contributed by atoms with E-state index in [0.717, 1.165) is 22.4 Å². The minimum atomic E-state index is -1.31. The molecule has 0 spiro atoms. The van der Waals surface area contributed by atoms with Crippen LogP contribution in [0.4, 0.5) is 9.18 Å². The summed E-state index contributed by atoms with van der Waals surface area (Å²) in [5.41, 5.74) is 5.29. The highest BCUT2D eigenvalue weighted by Gasteiger charge is 2.28. The van der Waals surface area contributed by atoms with E-state index < -0.39 is 6.09 Å². The second-order valence-corrected chi connectivity index (χ2v) is 9.61. The molecule has 9 nitrogen and oxygen atoms in total. The van der Waals surface area contributed by atoms with Crippen molar-refractivity contribution in [1.29, 1.82) is 0 Å². The molecule has 2 amide bonds. The molecule has 0 aliphatic carbocycles. The summed E-state index contributed by atoms with van der Waals surface area (Å²) in [5.74, 6) is -0.124. The Morgan fingerprint density at radius 3 is 2.62 bits per heavy atom. The Morgan fingerprint density at radius 2 is 1.87 bits per heavy atom. The summed E-state index contributed by atoms with van der Waals surface area (Å²) in [7, 11) is 1.71. The molecular weight excluding hydrogens is 501 g/mol. The van der Waals surface area contributed by atoms with E-state index in [1.165, 1.54) is 12.1 Å². The first-order chi connectivity index (χ1) is 18.7. The molecule has 0 radical (unpaired) electrons. The molecule has 200 valence electrons. The second-order valence-electron chi connectivity index (χ2n) is 9.61. The van der Waals surface area contributed by atoms with Gasteiger partial charge in [-0.15, -0.1) is 4.99 Å². The fraction of sp³-hybridized carbons (Fsp3) is 0.241. The average molecular weight is 530 g/mol. The smallest absolute Gasteiger partial charge is 0.434 e. The second kappa shape index (κ2) is 10.6. The third kappa shape index (κ3) is 5.45. The minimum Gasteiger partial charge on any atom is -0.490 e. The molecule has 0 fully saturated rings. The van der Waals surface area contributed by atoms with E-state index in [0.29, 0.717) is 35.5 Å². The van der Waals surface area contributed by atoms with Gasteiger partial charge >= 0.3 is 6.09 Å². The SMILES string of the molecule is Cc1ccnc(CN2CCOc3c(cc(Cn4ccn(C)c4=NC(=O)O)cc3-c3ccc(F)cc3C)C2=O)c1. The summed E-state index contributed by atoms with van der Waals surface area (Å²) in [6.07, 6.45) is 3.85. The molecule has 4 aromatic rings. The number of halogens is 1. The number of rotatable bonds is 5. The Labute approximate surface area is 224 Å². The van der Waals surface area contributed by atoms with Gasteiger partial charge in [0.15, 0.2) is 0 Å². The summed E-state index contributed by atoms with van der Waals surface area (Å²) in [6.45, 7) is 5.01. The van der Waals surface area contributed by atoms with Crippen LogP contribution in [0.25, 0.3) is 11.1 Å². The molecular formula is C29H28FN5O4. The van der Waals surface area contributed by atoms with Gasteiger partial charge in [0.25, 0.3) is 5.91 Å². The van der Waals surface area contributed by atoms with Gasteiger partial charge in [0.1, 0.15) is 18.2 Å². The van der Waals surface area contributed by atoms with Gasteiger partial charge in [-0.05, 0) is 72.5 Å². The van der Waals surface area contributed by atoms with Gasteiger partial charge in [-0.3, -0.25) is 9.78 Å². The van der Waals surface area contributed by atoms with Crippen molar-refractivity contribution >= 4 is 12.0 Å². The predicted molar refractivity (Wildman–Crippen MR) is 142 cm³/mol. The highest BCUT2D eigenvalue weighted by atomic mass is 19.1. The van der Waals surface area contributed by atoms with Gasteiger partial charge in [-0.1, -0.05) is 6.07 Å². The van der Waals surface area contributed by atoms with Gasteiger partial charge in [0.2, 0.25) is 5.62 Å². The number of carbonyl (C=O) groups is 2. The van der Waals surface area contributed by atoms with Crippen LogP contribution in [0.3, 0.4) is 0 Å². The number of carbonyl (C=O) groups excluding carboxylic acids is 1.